The standard InChI is InChI=1S/C17H29N/c1-11-4-2-5-12(11)10-18-17-9-13-8-16(17)15-7-3-6-14(13)15/h11-18H,2-10H2,1H3. The molecule has 0 aliphatic heterocycles. The molecular formula is C17H29N. The van der Waals surface area contributed by atoms with Gasteiger partial charge < -0.3 is 5.32 Å². The third-order valence-corrected chi connectivity index (χ3v) is 7.11. The normalized spacial score (nSPS) is 54.2. The molecule has 4 rings (SSSR count). The van der Waals surface area contributed by atoms with E-state index in [1.165, 1.54) is 38.6 Å². The smallest absolute Gasteiger partial charge is 0.0101 e. The second-order valence-corrected chi connectivity index (χ2v) is 7.84. The van der Waals surface area contributed by atoms with Crippen LogP contribution in [0.25, 0.3) is 0 Å². The van der Waals surface area contributed by atoms with Crippen molar-refractivity contribution in [3.05, 3.63) is 0 Å². The maximum Gasteiger partial charge on any atom is 0.0101 e. The van der Waals surface area contributed by atoms with E-state index in [9.17, 15) is 0 Å². The van der Waals surface area contributed by atoms with E-state index in [0.29, 0.717) is 0 Å². The third kappa shape index (κ3) is 1.77. The van der Waals surface area contributed by atoms with Crippen molar-refractivity contribution in [3.8, 4) is 0 Å². The van der Waals surface area contributed by atoms with Crippen LogP contribution in [0, 0.1) is 35.5 Å². The minimum atomic E-state index is 0.905. The maximum absolute atomic E-state index is 4.00. The molecule has 0 aromatic heterocycles. The molecule has 0 aromatic rings. The summed E-state index contributed by atoms with van der Waals surface area (Å²) in [6.07, 6.45) is 12.2. The van der Waals surface area contributed by atoms with Crippen LogP contribution < -0.4 is 5.32 Å². The summed E-state index contributed by atoms with van der Waals surface area (Å²) in [6.45, 7) is 3.79. The molecule has 1 nitrogen and oxygen atoms in total. The molecule has 2 bridgehead atoms. The molecule has 0 spiro atoms. The molecular weight excluding hydrogens is 218 g/mol. The molecule has 4 aliphatic carbocycles. The third-order valence-electron chi connectivity index (χ3n) is 7.11. The lowest BCUT2D eigenvalue weighted by Crippen LogP contribution is -2.41. The number of rotatable bonds is 3. The highest BCUT2D eigenvalue weighted by Crippen LogP contribution is 2.58. The Morgan fingerprint density at radius 1 is 0.889 bits per heavy atom. The number of fused-ring (bicyclic) bond motifs is 5. The van der Waals surface area contributed by atoms with Gasteiger partial charge in [-0.15, -0.1) is 0 Å². The van der Waals surface area contributed by atoms with E-state index < -0.39 is 0 Å². The summed E-state index contributed by atoms with van der Waals surface area (Å²) in [4.78, 5) is 0. The summed E-state index contributed by atoms with van der Waals surface area (Å²) < 4.78 is 0. The van der Waals surface area contributed by atoms with Crippen LogP contribution in [0.2, 0.25) is 0 Å². The molecule has 0 radical (unpaired) electrons. The van der Waals surface area contributed by atoms with Gasteiger partial charge in [0.1, 0.15) is 0 Å². The van der Waals surface area contributed by atoms with E-state index in [1.54, 1.807) is 19.3 Å². The van der Waals surface area contributed by atoms with Gasteiger partial charge in [-0.3, -0.25) is 0 Å². The first kappa shape index (κ1) is 11.8. The zero-order chi connectivity index (χ0) is 12.1. The van der Waals surface area contributed by atoms with Gasteiger partial charge in [0.2, 0.25) is 0 Å². The topological polar surface area (TPSA) is 12.0 Å². The minimum absolute atomic E-state index is 0.905. The van der Waals surface area contributed by atoms with Crippen LogP contribution in [0.4, 0.5) is 0 Å². The summed E-state index contributed by atoms with van der Waals surface area (Å²) in [6, 6.07) is 0.905. The van der Waals surface area contributed by atoms with Gasteiger partial charge >= 0.3 is 0 Å². The van der Waals surface area contributed by atoms with Gasteiger partial charge in [-0.05, 0) is 74.2 Å². The Kier molecular flexibility index (Phi) is 2.94. The van der Waals surface area contributed by atoms with Gasteiger partial charge in [0.05, 0.1) is 0 Å². The highest BCUT2D eigenvalue weighted by molar-refractivity contribution is 5.05. The second kappa shape index (κ2) is 4.51. The van der Waals surface area contributed by atoms with Crippen LogP contribution in [-0.2, 0) is 0 Å². The Bertz CT molecular complexity index is 313. The van der Waals surface area contributed by atoms with Crippen molar-refractivity contribution in [2.24, 2.45) is 35.5 Å². The van der Waals surface area contributed by atoms with Crippen molar-refractivity contribution in [1.29, 1.82) is 0 Å². The predicted octanol–water partition coefficient (Wildman–Crippen LogP) is 3.84. The van der Waals surface area contributed by atoms with Crippen LogP contribution in [-0.4, -0.2) is 12.6 Å². The molecule has 7 unspecified atom stereocenters. The molecule has 7 atom stereocenters. The van der Waals surface area contributed by atoms with Crippen LogP contribution in [0.5, 0.6) is 0 Å². The first-order valence-electron chi connectivity index (χ1n) is 8.56. The van der Waals surface area contributed by atoms with E-state index in [1.807, 2.05) is 0 Å². The summed E-state index contributed by atoms with van der Waals surface area (Å²) >= 11 is 0. The fraction of sp³-hybridized carbons (Fsp3) is 1.00. The summed E-state index contributed by atoms with van der Waals surface area (Å²) in [5, 5.41) is 4.00. The van der Waals surface area contributed by atoms with E-state index in [-0.39, 0.29) is 0 Å². The Hall–Kier alpha value is -0.0400. The van der Waals surface area contributed by atoms with Crippen LogP contribution in [0.15, 0.2) is 0 Å². The van der Waals surface area contributed by atoms with Crippen molar-refractivity contribution >= 4 is 0 Å². The lowest BCUT2D eigenvalue weighted by atomic mass is 9.79. The van der Waals surface area contributed by atoms with Crippen LogP contribution in [0.1, 0.15) is 58.3 Å². The Morgan fingerprint density at radius 2 is 1.72 bits per heavy atom. The molecule has 4 fully saturated rings. The van der Waals surface area contributed by atoms with E-state index in [2.05, 4.69) is 12.2 Å². The average molecular weight is 247 g/mol. The van der Waals surface area contributed by atoms with Gasteiger partial charge in [0, 0.05) is 6.04 Å². The monoisotopic (exact) mass is 247 g/mol. The van der Waals surface area contributed by atoms with Gasteiger partial charge in [-0.1, -0.05) is 26.2 Å². The molecule has 1 heteroatoms. The highest BCUT2D eigenvalue weighted by Gasteiger charge is 2.53. The average Bonchev–Trinajstić information content (AvgIpc) is 3.08. The lowest BCUT2D eigenvalue weighted by molar-refractivity contribution is 0.200. The molecule has 0 heterocycles. The summed E-state index contributed by atoms with van der Waals surface area (Å²) in [7, 11) is 0. The van der Waals surface area contributed by atoms with E-state index >= 15 is 0 Å². The molecule has 4 saturated carbocycles. The van der Waals surface area contributed by atoms with Crippen molar-refractivity contribution < 1.29 is 0 Å². The molecule has 0 aromatic carbocycles. The molecule has 4 aliphatic rings. The molecule has 1 N–H and O–H groups in total. The highest BCUT2D eigenvalue weighted by atomic mass is 14.9. The maximum atomic E-state index is 4.00. The summed E-state index contributed by atoms with van der Waals surface area (Å²) in [5.41, 5.74) is 0. The van der Waals surface area contributed by atoms with Gasteiger partial charge in [0.15, 0.2) is 0 Å². The quantitative estimate of drug-likeness (QED) is 0.799. The first-order chi connectivity index (χ1) is 8.83. The Morgan fingerprint density at radius 3 is 2.56 bits per heavy atom. The molecule has 18 heavy (non-hydrogen) atoms. The zero-order valence-corrected chi connectivity index (χ0v) is 11.9. The zero-order valence-electron chi connectivity index (χ0n) is 11.9. The number of hydrogen-bond acceptors (Lipinski definition) is 1. The lowest BCUT2D eigenvalue weighted by Gasteiger charge is -2.33. The molecule has 102 valence electrons. The van der Waals surface area contributed by atoms with Crippen LogP contribution >= 0.6 is 0 Å². The second-order valence-electron chi connectivity index (χ2n) is 7.84. The van der Waals surface area contributed by atoms with Gasteiger partial charge in [0.25, 0.3) is 0 Å². The van der Waals surface area contributed by atoms with Crippen LogP contribution in [0.3, 0.4) is 0 Å². The Balaban J connectivity index is 1.34. The predicted molar refractivity (Wildman–Crippen MR) is 75.3 cm³/mol. The minimum Gasteiger partial charge on any atom is -0.313 e. The SMILES string of the molecule is CC1CCCC1CNC1CC2CC1C1CCCC21. The number of nitrogens with one attached hydrogen (secondary N) is 1. The van der Waals surface area contributed by atoms with Crippen molar-refractivity contribution in [2.75, 3.05) is 6.54 Å². The largest absolute Gasteiger partial charge is 0.313 e. The van der Waals surface area contributed by atoms with Crippen molar-refractivity contribution in [3.63, 3.8) is 0 Å². The van der Waals surface area contributed by atoms with Crippen molar-refractivity contribution in [1.82, 2.24) is 5.32 Å². The van der Waals surface area contributed by atoms with Gasteiger partial charge in [-0.25, -0.2) is 0 Å². The summed E-state index contributed by atoms with van der Waals surface area (Å²) in [5.74, 6) is 6.43. The molecule has 0 amide bonds. The fourth-order valence-electron chi connectivity index (χ4n) is 6.13. The molecule has 0 saturated heterocycles. The number of hydrogen-bond donors (Lipinski definition) is 1. The van der Waals surface area contributed by atoms with Crippen molar-refractivity contribution in [2.45, 2.75) is 64.3 Å². The Labute approximate surface area is 112 Å². The van der Waals surface area contributed by atoms with Gasteiger partial charge in [-0.2, -0.15) is 0 Å². The van der Waals surface area contributed by atoms with E-state index in [4.69, 9.17) is 0 Å². The fourth-order valence-corrected chi connectivity index (χ4v) is 6.13. The first-order valence-corrected chi connectivity index (χ1v) is 8.56. The van der Waals surface area contributed by atoms with E-state index in [0.717, 1.165) is 41.5 Å².